The van der Waals surface area contributed by atoms with Crippen LogP contribution < -0.4 is 5.73 Å². The zero-order valence-electron chi connectivity index (χ0n) is 8.08. The molecule has 0 amide bonds. The zero-order chi connectivity index (χ0) is 9.97. The molecular formula is C10H13N3S. The molecule has 2 rings (SSSR count). The Morgan fingerprint density at radius 3 is 3.07 bits per heavy atom. The minimum Gasteiger partial charge on any atom is -0.341 e. The summed E-state index contributed by atoms with van der Waals surface area (Å²) in [5.41, 5.74) is 7.85. The summed E-state index contributed by atoms with van der Waals surface area (Å²) in [6.45, 7) is 2.74. The predicted molar refractivity (Wildman–Crippen MR) is 59.4 cm³/mol. The van der Waals surface area contributed by atoms with Crippen LogP contribution in [0.2, 0.25) is 0 Å². The van der Waals surface area contributed by atoms with E-state index < -0.39 is 0 Å². The van der Waals surface area contributed by atoms with Crippen molar-refractivity contribution in [1.82, 2.24) is 9.97 Å². The standard InChI is InChI=1S/C10H13N3S/c1-7-3-5-14-10(7)8-6-12-9(13-8)2-4-11/h3,5-6H,2,4,11H2,1H3,(H,12,13). The second-order valence-corrected chi connectivity index (χ2v) is 4.13. The Morgan fingerprint density at radius 1 is 1.57 bits per heavy atom. The Kier molecular flexibility index (Phi) is 2.65. The first-order valence-electron chi connectivity index (χ1n) is 4.59. The van der Waals surface area contributed by atoms with Crippen LogP contribution in [0.5, 0.6) is 0 Å². The number of nitrogens with zero attached hydrogens (tertiary/aromatic N) is 1. The van der Waals surface area contributed by atoms with Gasteiger partial charge >= 0.3 is 0 Å². The molecule has 0 radical (unpaired) electrons. The summed E-state index contributed by atoms with van der Waals surface area (Å²) in [5, 5.41) is 2.09. The van der Waals surface area contributed by atoms with Crippen LogP contribution in [0.15, 0.2) is 17.6 Å². The SMILES string of the molecule is Cc1ccsc1-c1cnc(CCN)[nH]1. The molecule has 0 aliphatic rings. The monoisotopic (exact) mass is 207 g/mol. The largest absolute Gasteiger partial charge is 0.341 e. The molecule has 0 fully saturated rings. The van der Waals surface area contributed by atoms with Gasteiger partial charge in [0.15, 0.2) is 0 Å². The van der Waals surface area contributed by atoms with Crippen LogP contribution in [-0.4, -0.2) is 16.5 Å². The lowest BCUT2D eigenvalue weighted by Gasteiger charge is -1.94. The number of thiophene rings is 1. The van der Waals surface area contributed by atoms with E-state index in [1.807, 2.05) is 6.20 Å². The summed E-state index contributed by atoms with van der Waals surface area (Å²) in [6.07, 6.45) is 2.69. The van der Waals surface area contributed by atoms with Crippen molar-refractivity contribution in [3.8, 4) is 10.6 Å². The molecule has 0 saturated heterocycles. The predicted octanol–water partition coefficient (Wildman–Crippen LogP) is 1.95. The van der Waals surface area contributed by atoms with E-state index in [4.69, 9.17) is 5.73 Å². The molecule has 0 saturated carbocycles. The maximum Gasteiger partial charge on any atom is 0.107 e. The van der Waals surface area contributed by atoms with E-state index in [1.54, 1.807) is 11.3 Å². The third-order valence-corrected chi connectivity index (χ3v) is 3.17. The van der Waals surface area contributed by atoms with E-state index in [9.17, 15) is 0 Å². The van der Waals surface area contributed by atoms with Crippen molar-refractivity contribution in [2.45, 2.75) is 13.3 Å². The molecular weight excluding hydrogens is 194 g/mol. The van der Waals surface area contributed by atoms with E-state index in [-0.39, 0.29) is 0 Å². The van der Waals surface area contributed by atoms with Crippen molar-refractivity contribution in [1.29, 1.82) is 0 Å². The minimum atomic E-state index is 0.635. The molecule has 4 heteroatoms. The van der Waals surface area contributed by atoms with Crippen molar-refractivity contribution < 1.29 is 0 Å². The first kappa shape index (κ1) is 9.43. The molecule has 0 aliphatic carbocycles. The third kappa shape index (κ3) is 1.71. The van der Waals surface area contributed by atoms with Gasteiger partial charge in [0, 0.05) is 6.42 Å². The molecule has 3 N–H and O–H groups in total. The number of nitrogens with two attached hydrogens (primary N) is 1. The van der Waals surface area contributed by atoms with E-state index in [0.717, 1.165) is 17.9 Å². The van der Waals surface area contributed by atoms with Crippen molar-refractivity contribution in [2.24, 2.45) is 5.73 Å². The Bertz CT molecular complexity index is 416. The molecule has 0 aliphatic heterocycles. The quantitative estimate of drug-likeness (QED) is 0.808. The first-order chi connectivity index (χ1) is 6.81. The highest BCUT2D eigenvalue weighted by molar-refractivity contribution is 7.13. The fourth-order valence-corrected chi connectivity index (χ4v) is 2.28. The highest BCUT2D eigenvalue weighted by Crippen LogP contribution is 2.27. The molecule has 0 spiro atoms. The van der Waals surface area contributed by atoms with Crippen molar-refractivity contribution in [3.05, 3.63) is 29.0 Å². The van der Waals surface area contributed by atoms with Gasteiger partial charge in [-0.3, -0.25) is 0 Å². The number of hydrogen-bond donors (Lipinski definition) is 2. The zero-order valence-corrected chi connectivity index (χ0v) is 8.90. The Labute approximate surface area is 87.0 Å². The molecule has 2 aromatic rings. The lowest BCUT2D eigenvalue weighted by atomic mass is 10.2. The number of aromatic amines is 1. The van der Waals surface area contributed by atoms with E-state index in [1.165, 1.54) is 10.4 Å². The van der Waals surface area contributed by atoms with Crippen LogP contribution >= 0.6 is 11.3 Å². The van der Waals surface area contributed by atoms with E-state index in [2.05, 4.69) is 28.3 Å². The molecule has 2 aromatic heterocycles. The Balaban J connectivity index is 2.29. The minimum absolute atomic E-state index is 0.635. The molecule has 0 unspecified atom stereocenters. The van der Waals surface area contributed by atoms with Gasteiger partial charge in [-0.05, 0) is 30.5 Å². The number of rotatable bonds is 3. The maximum absolute atomic E-state index is 5.46. The van der Waals surface area contributed by atoms with E-state index in [0.29, 0.717) is 6.54 Å². The van der Waals surface area contributed by atoms with Crippen molar-refractivity contribution >= 4 is 11.3 Å². The number of aromatic nitrogens is 2. The van der Waals surface area contributed by atoms with Gasteiger partial charge in [-0.2, -0.15) is 0 Å². The van der Waals surface area contributed by atoms with Crippen LogP contribution in [-0.2, 0) is 6.42 Å². The lowest BCUT2D eigenvalue weighted by molar-refractivity contribution is 0.895. The lowest BCUT2D eigenvalue weighted by Crippen LogP contribution is -2.03. The summed E-state index contributed by atoms with van der Waals surface area (Å²) < 4.78 is 0. The summed E-state index contributed by atoms with van der Waals surface area (Å²) in [4.78, 5) is 8.82. The van der Waals surface area contributed by atoms with Crippen LogP contribution in [0.4, 0.5) is 0 Å². The second-order valence-electron chi connectivity index (χ2n) is 3.21. The number of nitrogens with one attached hydrogen (secondary N) is 1. The summed E-state index contributed by atoms with van der Waals surface area (Å²) >= 11 is 1.73. The van der Waals surface area contributed by atoms with Gasteiger partial charge in [-0.1, -0.05) is 0 Å². The first-order valence-corrected chi connectivity index (χ1v) is 5.47. The fourth-order valence-electron chi connectivity index (χ4n) is 1.39. The van der Waals surface area contributed by atoms with Gasteiger partial charge in [-0.15, -0.1) is 11.3 Å². The highest BCUT2D eigenvalue weighted by Gasteiger charge is 2.06. The number of hydrogen-bond acceptors (Lipinski definition) is 3. The topological polar surface area (TPSA) is 54.7 Å². The molecule has 2 heterocycles. The van der Waals surface area contributed by atoms with Crippen molar-refractivity contribution in [2.75, 3.05) is 6.54 Å². The number of H-pyrrole nitrogens is 1. The Morgan fingerprint density at radius 2 is 2.43 bits per heavy atom. The van der Waals surface area contributed by atoms with E-state index >= 15 is 0 Å². The van der Waals surface area contributed by atoms with Gasteiger partial charge in [0.1, 0.15) is 5.82 Å². The Hall–Kier alpha value is -1.13. The van der Waals surface area contributed by atoms with Gasteiger partial charge in [0.25, 0.3) is 0 Å². The fraction of sp³-hybridized carbons (Fsp3) is 0.300. The van der Waals surface area contributed by atoms with Crippen LogP contribution in [0, 0.1) is 6.92 Å². The van der Waals surface area contributed by atoms with Gasteiger partial charge < -0.3 is 10.7 Å². The van der Waals surface area contributed by atoms with Crippen LogP contribution in [0.25, 0.3) is 10.6 Å². The summed E-state index contributed by atoms with van der Waals surface area (Å²) in [5.74, 6) is 0.968. The summed E-state index contributed by atoms with van der Waals surface area (Å²) in [7, 11) is 0. The third-order valence-electron chi connectivity index (χ3n) is 2.12. The number of imidazole rings is 1. The van der Waals surface area contributed by atoms with Crippen molar-refractivity contribution in [3.63, 3.8) is 0 Å². The van der Waals surface area contributed by atoms with Gasteiger partial charge in [-0.25, -0.2) is 4.98 Å². The molecule has 0 atom stereocenters. The molecule has 0 bridgehead atoms. The molecule has 74 valence electrons. The molecule has 3 nitrogen and oxygen atoms in total. The van der Waals surface area contributed by atoms with Gasteiger partial charge in [0.05, 0.1) is 16.8 Å². The van der Waals surface area contributed by atoms with Crippen LogP contribution in [0.3, 0.4) is 0 Å². The second kappa shape index (κ2) is 3.94. The van der Waals surface area contributed by atoms with Gasteiger partial charge in [0.2, 0.25) is 0 Å². The van der Waals surface area contributed by atoms with Crippen LogP contribution in [0.1, 0.15) is 11.4 Å². The average molecular weight is 207 g/mol. The molecule has 0 aromatic carbocycles. The number of aryl methyl sites for hydroxylation is 1. The average Bonchev–Trinajstić information content (AvgIpc) is 2.74. The molecule has 14 heavy (non-hydrogen) atoms. The normalized spacial score (nSPS) is 10.7. The smallest absolute Gasteiger partial charge is 0.107 e. The maximum atomic E-state index is 5.46. The summed E-state index contributed by atoms with van der Waals surface area (Å²) in [6, 6.07) is 2.11. The highest BCUT2D eigenvalue weighted by atomic mass is 32.1.